The molecule has 0 saturated carbocycles. The van der Waals surface area contributed by atoms with Gasteiger partial charge in [0.15, 0.2) is 0 Å². The van der Waals surface area contributed by atoms with Crippen LogP contribution >= 0.6 is 11.3 Å². The molecule has 1 unspecified atom stereocenters. The largest absolute Gasteiger partial charge is 0.477 e. The first-order valence-corrected chi connectivity index (χ1v) is 6.93. The number of fused-ring (bicyclic) bond motifs is 1. The Labute approximate surface area is 117 Å². The van der Waals surface area contributed by atoms with Gasteiger partial charge >= 0.3 is 11.7 Å². The van der Waals surface area contributed by atoms with Crippen LogP contribution in [0.2, 0.25) is 0 Å². The molecule has 0 fully saturated rings. The molecule has 0 aliphatic heterocycles. The molecule has 2 heterocycles. The minimum atomic E-state index is -1.11. The SMILES string of the molecule is CCC(N)Cn1c(=O)[nH]c2sc(C(=O)O)c(C)c2c1=O. The van der Waals surface area contributed by atoms with Crippen molar-refractivity contribution in [2.75, 3.05) is 0 Å². The highest BCUT2D eigenvalue weighted by Gasteiger charge is 2.20. The van der Waals surface area contributed by atoms with E-state index in [9.17, 15) is 14.4 Å². The molecule has 0 amide bonds. The third-order valence-electron chi connectivity index (χ3n) is 3.21. The number of aromatic nitrogens is 2. The number of H-pyrrole nitrogens is 1. The molecule has 0 aliphatic rings. The molecule has 7 nitrogen and oxygen atoms in total. The zero-order valence-electron chi connectivity index (χ0n) is 11.1. The van der Waals surface area contributed by atoms with Crippen molar-refractivity contribution in [3.8, 4) is 0 Å². The zero-order chi connectivity index (χ0) is 15.0. The number of carbonyl (C=O) groups is 1. The van der Waals surface area contributed by atoms with Gasteiger partial charge in [-0.05, 0) is 18.9 Å². The fraction of sp³-hybridized carbons (Fsp3) is 0.417. The van der Waals surface area contributed by atoms with E-state index < -0.39 is 17.2 Å². The third kappa shape index (κ3) is 2.27. The van der Waals surface area contributed by atoms with E-state index >= 15 is 0 Å². The second-order valence-electron chi connectivity index (χ2n) is 4.58. The summed E-state index contributed by atoms with van der Waals surface area (Å²) in [6.07, 6.45) is 0.632. The van der Waals surface area contributed by atoms with Crippen molar-refractivity contribution in [2.45, 2.75) is 32.9 Å². The van der Waals surface area contributed by atoms with Crippen molar-refractivity contribution in [3.63, 3.8) is 0 Å². The van der Waals surface area contributed by atoms with Crippen LogP contribution in [-0.4, -0.2) is 26.7 Å². The van der Waals surface area contributed by atoms with Gasteiger partial charge in [0.05, 0.1) is 5.39 Å². The summed E-state index contributed by atoms with van der Waals surface area (Å²) in [5, 5.41) is 9.31. The van der Waals surface area contributed by atoms with Gasteiger partial charge in [0.2, 0.25) is 0 Å². The molecule has 108 valence electrons. The van der Waals surface area contributed by atoms with Crippen molar-refractivity contribution in [3.05, 3.63) is 31.3 Å². The van der Waals surface area contributed by atoms with Gasteiger partial charge in [-0.3, -0.25) is 14.3 Å². The monoisotopic (exact) mass is 297 g/mol. The number of aromatic amines is 1. The lowest BCUT2D eigenvalue weighted by Gasteiger charge is -2.10. The molecular formula is C12H15N3O4S. The van der Waals surface area contributed by atoms with Crippen LogP contribution in [-0.2, 0) is 6.54 Å². The maximum atomic E-state index is 12.4. The van der Waals surface area contributed by atoms with Gasteiger partial charge in [0.25, 0.3) is 5.56 Å². The minimum absolute atomic E-state index is 0.0605. The molecular weight excluding hydrogens is 282 g/mol. The van der Waals surface area contributed by atoms with E-state index in [4.69, 9.17) is 10.8 Å². The number of carboxylic acid groups (broad SMARTS) is 1. The van der Waals surface area contributed by atoms with Crippen LogP contribution in [0.4, 0.5) is 0 Å². The Hall–Kier alpha value is -1.93. The number of carboxylic acids is 1. The van der Waals surface area contributed by atoms with Crippen LogP contribution in [0.1, 0.15) is 28.6 Å². The molecule has 2 aromatic rings. The highest BCUT2D eigenvalue weighted by molar-refractivity contribution is 7.20. The summed E-state index contributed by atoms with van der Waals surface area (Å²) in [6, 6.07) is -0.302. The Bertz CT molecular complexity index is 786. The topological polar surface area (TPSA) is 118 Å². The first-order chi connectivity index (χ1) is 9.36. The standard InChI is InChI=1S/C12H15N3O4S/c1-3-6(13)4-15-10(16)7-5(2)8(11(17)18)20-9(7)14-12(15)19/h6H,3-4,13H2,1-2H3,(H,14,19)(H,17,18). The van der Waals surface area contributed by atoms with Crippen molar-refractivity contribution >= 4 is 27.5 Å². The second kappa shape index (κ2) is 5.22. The van der Waals surface area contributed by atoms with E-state index in [-0.39, 0.29) is 27.7 Å². The number of aromatic carboxylic acids is 1. The van der Waals surface area contributed by atoms with Crippen LogP contribution in [0.25, 0.3) is 10.2 Å². The highest BCUT2D eigenvalue weighted by Crippen LogP contribution is 2.25. The quantitative estimate of drug-likeness (QED) is 0.759. The molecule has 0 spiro atoms. The molecule has 1 atom stereocenters. The van der Waals surface area contributed by atoms with Crippen LogP contribution in [0, 0.1) is 6.92 Å². The van der Waals surface area contributed by atoms with Crippen molar-refractivity contribution in [1.82, 2.24) is 9.55 Å². The molecule has 20 heavy (non-hydrogen) atoms. The maximum Gasteiger partial charge on any atom is 0.346 e. The first-order valence-electron chi connectivity index (χ1n) is 6.11. The first kappa shape index (κ1) is 14.5. The fourth-order valence-electron chi connectivity index (χ4n) is 1.98. The molecule has 0 radical (unpaired) electrons. The van der Waals surface area contributed by atoms with Crippen LogP contribution in [0.3, 0.4) is 0 Å². The number of hydrogen-bond acceptors (Lipinski definition) is 5. The number of nitrogens with zero attached hydrogens (tertiary/aromatic N) is 1. The van der Waals surface area contributed by atoms with Crippen molar-refractivity contribution < 1.29 is 9.90 Å². The minimum Gasteiger partial charge on any atom is -0.477 e. The van der Waals surface area contributed by atoms with Gasteiger partial charge < -0.3 is 10.8 Å². The third-order valence-corrected chi connectivity index (χ3v) is 4.40. The van der Waals surface area contributed by atoms with Crippen LogP contribution in [0.5, 0.6) is 0 Å². The Morgan fingerprint density at radius 2 is 2.15 bits per heavy atom. The summed E-state index contributed by atoms with van der Waals surface area (Å²) in [6.45, 7) is 3.53. The van der Waals surface area contributed by atoms with Gasteiger partial charge in [-0.25, -0.2) is 9.59 Å². The van der Waals surface area contributed by atoms with Crippen molar-refractivity contribution in [1.29, 1.82) is 0 Å². The van der Waals surface area contributed by atoms with E-state index in [1.54, 1.807) is 6.92 Å². The zero-order valence-corrected chi connectivity index (χ0v) is 11.9. The molecule has 0 aliphatic carbocycles. The Kier molecular flexibility index (Phi) is 3.78. The number of aryl methyl sites for hydroxylation is 1. The predicted molar refractivity (Wildman–Crippen MR) is 76.7 cm³/mol. The van der Waals surface area contributed by atoms with Gasteiger partial charge in [0, 0.05) is 12.6 Å². The van der Waals surface area contributed by atoms with E-state index in [1.807, 2.05) is 6.92 Å². The van der Waals surface area contributed by atoms with Gasteiger partial charge in [-0.1, -0.05) is 6.92 Å². The van der Waals surface area contributed by atoms with Gasteiger partial charge in [0.1, 0.15) is 9.71 Å². The van der Waals surface area contributed by atoms with Gasteiger partial charge in [-0.15, -0.1) is 11.3 Å². The average Bonchev–Trinajstić information content (AvgIpc) is 2.71. The van der Waals surface area contributed by atoms with Crippen molar-refractivity contribution in [2.24, 2.45) is 5.73 Å². The lowest BCUT2D eigenvalue weighted by atomic mass is 10.2. The van der Waals surface area contributed by atoms with E-state index in [0.717, 1.165) is 15.9 Å². The summed E-state index contributed by atoms with van der Waals surface area (Å²) < 4.78 is 1.03. The normalized spacial score (nSPS) is 12.8. The molecule has 0 saturated heterocycles. The summed E-state index contributed by atoms with van der Waals surface area (Å²) in [7, 11) is 0. The van der Waals surface area contributed by atoms with E-state index in [2.05, 4.69) is 4.98 Å². The van der Waals surface area contributed by atoms with E-state index in [1.165, 1.54) is 0 Å². The van der Waals surface area contributed by atoms with Crippen LogP contribution < -0.4 is 17.0 Å². The lowest BCUT2D eigenvalue weighted by Crippen LogP contribution is -2.40. The number of thiophene rings is 1. The average molecular weight is 297 g/mol. The summed E-state index contributed by atoms with van der Waals surface area (Å²) >= 11 is 0.894. The summed E-state index contributed by atoms with van der Waals surface area (Å²) in [5.74, 6) is -1.11. The molecule has 4 N–H and O–H groups in total. The Morgan fingerprint density at radius 1 is 1.50 bits per heavy atom. The lowest BCUT2D eigenvalue weighted by molar-refractivity contribution is 0.0701. The van der Waals surface area contributed by atoms with E-state index in [0.29, 0.717) is 12.0 Å². The smallest absolute Gasteiger partial charge is 0.346 e. The Balaban J connectivity index is 2.75. The molecule has 8 heteroatoms. The summed E-state index contributed by atoms with van der Waals surface area (Å²) in [5.41, 5.74) is 5.09. The van der Waals surface area contributed by atoms with Gasteiger partial charge in [-0.2, -0.15) is 0 Å². The number of rotatable bonds is 4. The fourth-order valence-corrected chi connectivity index (χ4v) is 3.01. The Morgan fingerprint density at radius 3 is 2.70 bits per heavy atom. The molecule has 0 aromatic carbocycles. The molecule has 2 aromatic heterocycles. The molecule has 0 bridgehead atoms. The molecule has 2 rings (SSSR count). The highest BCUT2D eigenvalue weighted by atomic mass is 32.1. The second-order valence-corrected chi connectivity index (χ2v) is 5.60. The number of nitrogens with two attached hydrogens (primary N) is 1. The van der Waals surface area contributed by atoms with Crippen LogP contribution in [0.15, 0.2) is 9.59 Å². The number of nitrogens with one attached hydrogen (secondary N) is 1. The number of hydrogen-bond donors (Lipinski definition) is 3. The summed E-state index contributed by atoms with van der Waals surface area (Å²) in [4.78, 5) is 38.3. The predicted octanol–water partition coefficient (Wildman–Crippen LogP) is 0.495. The maximum absolute atomic E-state index is 12.4.